The normalized spacial score (nSPS) is 10.6. The van der Waals surface area contributed by atoms with Crippen LogP contribution in [0.2, 0.25) is 0 Å². The van der Waals surface area contributed by atoms with Crippen molar-refractivity contribution in [3.8, 4) is 0 Å². The van der Waals surface area contributed by atoms with Crippen molar-refractivity contribution < 1.29 is 38.0 Å². The van der Waals surface area contributed by atoms with Crippen LogP contribution in [0.1, 0.15) is 30.1 Å². The molecule has 33 heavy (non-hydrogen) atoms. The molecular formula is C24H37NO8. The van der Waals surface area contributed by atoms with Crippen LogP contribution in [-0.4, -0.2) is 84.6 Å². The molecule has 0 fully saturated rings. The fraction of sp³-hybridized carbons (Fsp3) is 0.583. The van der Waals surface area contributed by atoms with Crippen molar-refractivity contribution in [3.63, 3.8) is 0 Å². The van der Waals surface area contributed by atoms with Gasteiger partial charge in [-0.1, -0.05) is 19.9 Å². The maximum Gasteiger partial charge on any atom is 0.338 e. The lowest BCUT2D eigenvalue weighted by Crippen LogP contribution is -2.15. The molecule has 0 aliphatic carbocycles. The topological polar surface area (TPSA) is 102 Å². The molecule has 0 atom stereocenters. The molecule has 0 bridgehead atoms. The van der Waals surface area contributed by atoms with E-state index < -0.39 is 5.97 Å². The number of carbonyl (C=O) groups excluding carboxylic acids is 2. The van der Waals surface area contributed by atoms with E-state index in [-0.39, 0.29) is 19.2 Å². The number of unbranched alkanes of at least 4 members (excludes halogenated alkanes) is 1. The van der Waals surface area contributed by atoms with Gasteiger partial charge >= 0.3 is 11.9 Å². The van der Waals surface area contributed by atoms with Crippen LogP contribution < -0.4 is 5.32 Å². The zero-order valence-electron chi connectivity index (χ0n) is 19.6. The van der Waals surface area contributed by atoms with Gasteiger partial charge < -0.3 is 33.7 Å². The minimum atomic E-state index is -0.464. The number of carbonyl (C=O) groups is 2. The van der Waals surface area contributed by atoms with Crippen LogP contribution in [0.4, 0.5) is 5.69 Å². The summed E-state index contributed by atoms with van der Waals surface area (Å²) in [6.45, 7) is 9.92. The maximum atomic E-state index is 12.0. The molecule has 0 aliphatic heterocycles. The highest BCUT2D eigenvalue weighted by atomic mass is 16.6. The minimum absolute atomic E-state index is 0.186. The third-order valence-electron chi connectivity index (χ3n) is 4.20. The fourth-order valence-electron chi connectivity index (χ4n) is 2.43. The van der Waals surface area contributed by atoms with E-state index in [1.807, 2.05) is 12.1 Å². The van der Waals surface area contributed by atoms with Gasteiger partial charge in [0.15, 0.2) is 0 Å². The lowest BCUT2D eigenvalue weighted by Gasteiger charge is -2.09. The lowest BCUT2D eigenvalue weighted by molar-refractivity contribution is -0.139. The van der Waals surface area contributed by atoms with Gasteiger partial charge in [-0.05, 0) is 30.7 Å². The Morgan fingerprint density at radius 1 is 0.788 bits per heavy atom. The summed E-state index contributed by atoms with van der Waals surface area (Å²) in [6.07, 6.45) is 3.35. The first-order valence-corrected chi connectivity index (χ1v) is 11.3. The van der Waals surface area contributed by atoms with Crippen molar-refractivity contribution in [3.05, 3.63) is 42.5 Å². The maximum absolute atomic E-state index is 12.0. The van der Waals surface area contributed by atoms with E-state index >= 15 is 0 Å². The number of esters is 2. The lowest BCUT2D eigenvalue weighted by atomic mass is 10.2. The predicted octanol–water partition coefficient (Wildman–Crippen LogP) is 2.85. The van der Waals surface area contributed by atoms with Gasteiger partial charge in [-0.25, -0.2) is 9.59 Å². The van der Waals surface area contributed by atoms with Crippen LogP contribution in [-0.2, 0) is 33.2 Å². The second-order valence-corrected chi connectivity index (χ2v) is 6.81. The first kappa shape index (κ1) is 28.6. The number of benzene rings is 1. The Bertz CT molecular complexity index is 650. The molecule has 0 heterocycles. The summed E-state index contributed by atoms with van der Waals surface area (Å²) in [5.41, 5.74) is 1.51. The van der Waals surface area contributed by atoms with Gasteiger partial charge in [0.25, 0.3) is 0 Å². The van der Waals surface area contributed by atoms with Gasteiger partial charge in [0, 0.05) is 18.3 Å². The van der Waals surface area contributed by atoms with Gasteiger partial charge in [-0.3, -0.25) is 0 Å². The zero-order valence-corrected chi connectivity index (χ0v) is 19.6. The van der Waals surface area contributed by atoms with E-state index in [9.17, 15) is 9.59 Å². The molecule has 0 unspecified atom stereocenters. The van der Waals surface area contributed by atoms with Gasteiger partial charge in [-0.15, -0.1) is 0 Å². The fourth-order valence-corrected chi connectivity index (χ4v) is 2.43. The molecular weight excluding hydrogens is 430 g/mol. The van der Waals surface area contributed by atoms with E-state index in [4.69, 9.17) is 28.4 Å². The highest BCUT2D eigenvalue weighted by Crippen LogP contribution is 2.10. The quantitative estimate of drug-likeness (QED) is 0.166. The molecule has 1 aromatic rings. The first-order valence-electron chi connectivity index (χ1n) is 11.3. The van der Waals surface area contributed by atoms with Gasteiger partial charge in [-0.2, -0.15) is 0 Å². The number of anilines is 1. The second kappa shape index (κ2) is 20.2. The van der Waals surface area contributed by atoms with Crippen molar-refractivity contribution in [2.75, 3.05) is 77.9 Å². The van der Waals surface area contributed by atoms with E-state index in [2.05, 4.69) is 18.8 Å². The van der Waals surface area contributed by atoms with E-state index in [0.717, 1.165) is 31.1 Å². The first-order chi connectivity index (χ1) is 16.2. The molecule has 0 amide bonds. The molecule has 1 rings (SSSR count). The van der Waals surface area contributed by atoms with Crippen LogP contribution in [0.15, 0.2) is 36.9 Å². The highest BCUT2D eigenvalue weighted by Gasteiger charge is 2.06. The third-order valence-corrected chi connectivity index (χ3v) is 4.20. The average molecular weight is 468 g/mol. The SMILES string of the molecule is C=CC(=O)OCCOCCOCCOCCOCCOC(=O)c1ccc(NCCCC)cc1. The summed E-state index contributed by atoms with van der Waals surface area (Å²) in [7, 11) is 0. The number of rotatable bonds is 21. The molecule has 9 heteroatoms. The molecule has 0 aliphatic rings. The Morgan fingerprint density at radius 3 is 1.76 bits per heavy atom. The average Bonchev–Trinajstić information content (AvgIpc) is 2.84. The van der Waals surface area contributed by atoms with Crippen LogP contribution in [0.3, 0.4) is 0 Å². The summed E-state index contributed by atoms with van der Waals surface area (Å²) >= 11 is 0. The molecule has 0 radical (unpaired) electrons. The van der Waals surface area contributed by atoms with Crippen LogP contribution in [0, 0.1) is 0 Å². The predicted molar refractivity (Wildman–Crippen MR) is 125 cm³/mol. The van der Waals surface area contributed by atoms with Crippen molar-refractivity contribution in [2.24, 2.45) is 0 Å². The summed E-state index contributed by atoms with van der Waals surface area (Å²) in [4.78, 5) is 22.8. The zero-order chi connectivity index (χ0) is 24.0. The standard InChI is InChI=1S/C24H37NO8/c1-3-5-10-25-22-8-6-21(7-9-22)24(27)33-20-18-31-16-14-29-12-11-28-13-15-30-17-19-32-23(26)4-2/h4,6-9,25H,2-3,5,10-20H2,1H3. The van der Waals surface area contributed by atoms with Crippen molar-refractivity contribution in [1.29, 1.82) is 0 Å². The van der Waals surface area contributed by atoms with Crippen molar-refractivity contribution in [2.45, 2.75) is 19.8 Å². The van der Waals surface area contributed by atoms with Crippen LogP contribution in [0.25, 0.3) is 0 Å². The Balaban J connectivity index is 1.87. The Morgan fingerprint density at radius 2 is 1.27 bits per heavy atom. The minimum Gasteiger partial charge on any atom is -0.460 e. The summed E-state index contributed by atoms with van der Waals surface area (Å²) in [6, 6.07) is 7.25. The summed E-state index contributed by atoms with van der Waals surface area (Å²) in [5.74, 6) is -0.831. The Kier molecular flexibility index (Phi) is 17.5. The Labute approximate surface area is 196 Å². The van der Waals surface area contributed by atoms with Crippen molar-refractivity contribution >= 4 is 17.6 Å². The van der Waals surface area contributed by atoms with E-state index in [1.165, 1.54) is 0 Å². The molecule has 0 saturated carbocycles. The molecule has 0 spiro atoms. The van der Waals surface area contributed by atoms with Crippen LogP contribution >= 0.6 is 0 Å². The summed E-state index contributed by atoms with van der Waals surface area (Å²) < 4.78 is 31.3. The summed E-state index contributed by atoms with van der Waals surface area (Å²) in [5, 5.41) is 3.30. The van der Waals surface area contributed by atoms with Crippen molar-refractivity contribution in [1.82, 2.24) is 0 Å². The number of nitrogens with one attached hydrogen (secondary N) is 1. The second-order valence-electron chi connectivity index (χ2n) is 6.81. The van der Waals surface area contributed by atoms with Gasteiger partial charge in [0.2, 0.25) is 0 Å². The number of ether oxygens (including phenoxy) is 6. The largest absolute Gasteiger partial charge is 0.460 e. The van der Waals surface area contributed by atoms with E-state index in [1.54, 1.807) is 12.1 Å². The Hall–Kier alpha value is -2.46. The number of hydrogen-bond acceptors (Lipinski definition) is 9. The third kappa shape index (κ3) is 15.9. The molecule has 0 saturated heterocycles. The molecule has 0 aromatic heterocycles. The highest BCUT2D eigenvalue weighted by molar-refractivity contribution is 5.89. The monoisotopic (exact) mass is 467 g/mol. The molecule has 1 N–H and O–H groups in total. The smallest absolute Gasteiger partial charge is 0.338 e. The molecule has 186 valence electrons. The molecule has 1 aromatic carbocycles. The van der Waals surface area contributed by atoms with E-state index in [0.29, 0.717) is 58.4 Å². The number of hydrogen-bond donors (Lipinski definition) is 1. The van der Waals surface area contributed by atoms with Gasteiger partial charge in [0.05, 0.1) is 58.4 Å². The van der Waals surface area contributed by atoms with Gasteiger partial charge in [0.1, 0.15) is 13.2 Å². The molecule has 9 nitrogen and oxygen atoms in total. The van der Waals surface area contributed by atoms with Crippen LogP contribution in [0.5, 0.6) is 0 Å².